The SMILES string of the molecule is CCc1cccc(CC)c1NC(=O)CCN1CCC[C@H](O)C1. The summed E-state index contributed by atoms with van der Waals surface area (Å²) in [6.45, 7) is 6.62. The van der Waals surface area contributed by atoms with Crippen LogP contribution in [0.25, 0.3) is 0 Å². The highest BCUT2D eigenvalue weighted by molar-refractivity contribution is 5.92. The van der Waals surface area contributed by atoms with Gasteiger partial charge in [0.15, 0.2) is 0 Å². The Morgan fingerprint density at radius 3 is 2.59 bits per heavy atom. The molecule has 0 spiro atoms. The normalized spacial score (nSPS) is 19.1. The molecule has 1 fully saturated rings. The zero-order valence-electron chi connectivity index (χ0n) is 13.8. The predicted molar refractivity (Wildman–Crippen MR) is 90.1 cm³/mol. The van der Waals surface area contributed by atoms with Crippen molar-refractivity contribution in [3.8, 4) is 0 Å². The number of amides is 1. The minimum atomic E-state index is -0.232. The molecular weight excluding hydrogens is 276 g/mol. The van der Waals surface area contributed by atoms with Crippen molar-refractivity contribution in [3.63, 3.8) is 0 Å². The van der Waals surface area contributed by atoms with E-state index in [1.165, 1.54) is 11.1 Å². The Labute approximate surface area is 133 Å². The highest BCUT2D eigenvalue weighted by Gasteiger charge is 2.18. The van der Waals surface area contributed by atoms with Gasteiger partial charge in [-0.2, -0.15) is 0 Å². The van der Waals surface area contributed by atoms with Crippen molar-refractivity contribution >= 4 is 11.6 Å². The molecule has 1 amide bonds. The van der Waals surface area contributed by atoms with E-state index in [1.54, 1.807) is 0 Å². The van der Waals surface area contributed by atoms with Gasteiger partial charge < -0.3 is 15.3 Å². The van der Waals surface area contributed by atoms with Crippen LogP contribution in [-0.2, 0) is 17.6 Å². The number of β-amino-alcohol motifs (C(OH)–C–C–N with tert-alkyl or cyclic N) is 1. The summed E-state index contributed by atoms with van der Waals surface area (Å²) < 4.78 is 0. The van der Waals surface area contributed by atoms with Gasteiger partial charge in [0.1, 0.15) is 0 Å². The number of likely N-dealkylation sites (tertiary alicyclic amines) is 1. The van der Waals surface area contributed by atoms with Crippen LogP contribution in [0.1, 0.15) is 44.2 Å². The summed E-state index contributed by atoms with van der Waals surface area (Å²) in [5.74, 6) is 0.0654. The molecule has 2 N–H and O–H groups in total. The number of aliphatic hydroxyl groups excluding tert-OH is 1. The third-order valence-corrected chi connectivity index (χ3v) is 4.40. The summed E-state index contributed by atoms with van der Waals surface area (Å²) in [6, 6.07) is 6.22. The minimum absolute atomic E-state index is 0.0654. The van der Waals surface area contributed by atoms with E-state index in [0.717, 1.165) is 44.5 Å². The molecule has 1 saturated heterocycles. The fraction of sp³-hybridized carbons (Fsp3) is 0.611. The van der Waals surface area contributed by atoms with Gasteiger partial charge in [0.25, 0.3) is 0 Å². The summed E-state index contributed by atoms with van der Waals surface area (Å²) in [5, 5.41) is 12.8. The average molecular weight is 304 g/mol. The monoisotopic (exact) mass is 304 g/mol. The molecular formula is C18H28N2O2. The van der Waals surface area contributed by atoms with E-state index in [2.05, 4.69) is 42.3 Å². The molecule has 22 heavy (non-hydrogen) atoms. The minimum Gasteiger partial charge on any atom is -0.392 e. The standard InChI is InChI=1S/C18H28N2O2/c1-3-14-7-5-8-15(4-2)18(14)19-17(22)10-12-20-11-6-9-16(21)13-20/h5,7-8,16,21H,3-4,6,9-13H2,1-2H3,(H,19,22)/t16-/m0/s1. The first-order valence-electron chi connectivity index (χ1n) is 8.45. The maximum Gasteiger partial charge on any atom is 0.225 e. The zero-order chi connectivity index (χ0) is 15.9. The van der Waals surface area contributed by atoms with Crippen LogP contribution in [-0.4, -0.2) is 41.7 Å². The van der Waals surface area contributed by atoms with Crippen LogP contribution in [0.4, 0.5) is 5.69 Å². The lowest BCUT2D eigenvalue weighted by molar-refractivity contribution is -0.116. The molecule has 0 aromatic heterocycles. The second-order valence-corrected chi connectivity index (χ2v) is 6.05. The lowest BCUT2D eigenvalue weighted by Gasteiger charge is -2.29. The molecule has 1 atom stereocenters. The zero-order valence-corrected chi connectivity index (χ0v) is 13.8. The molecule has 0 aliphatic carbocycles. The fourth-order valence-corrected chi connectivity index (χ4v) is 3.10. The quantitative estimate of drug-likeness (QED) is 0.849. The highest BCUT2D eigenvalue weighted by Crippen LogP contribution is 2.22. The number of para-hydroxylation sites is 1. The lowest BCUT2D eigenvalue weighted by atomic mass is 10.0. The molecule has 0 unspecified atom stereocenters. The van der Waals surface area contributed by atoms with Gasteiger partial charge in [-0.3, -0.25) is 4.79 Å². The highest BCUT2D eigenvalue weighted by atomic mass is 16.3. The topological polar surface area (TPSA) is 52.6 Å². The third-order valence-electron chi connectivity index (χ3n) is 4.40. The van der Waals surface area contributed by atoms with Crippen molar-refractivity contribution < 1.29 is 9.90 Å². The van der Waals surface area contributed by atoms with Crippen LogP contribution < -0.4 is 5.32 Å². The molecule has 0 radical (unpaired) electrons. The Morgan fingerprint density at radius 1 is 1.32 bits per heavy atom. The number of hydrogen-bond donors (Lipinski definition) is 2. The van der Waals surface area contributed by atoms with Gasteiger partial charge in [-0.25, -0.2) is 0 Å². The molecule has 122 valence electrons. The number of rotatable bonds is 6. The molecule has 1 aliphatic heterocycles. The van der Waals surface area contributed by atoms with Crippen LogP contribution in [0.3, 0.4) is 0 Å². The van der Waals surface area contributed by atoms with E-state index in [-0.39, 0.29) is 12.0 Å². The van der Waals surface area contributed by atoms with Gasteiger partial charge in [0.05, 0.1) is 6.10 Å². The van der Waals surface area contributed by atoms with Gasteiger partial charge in [-0.1, -0.05) is 32.0 Å². The van der Waals surface area contributed by atoms with E-state index in [4.69, 9.17) is 0 Å². The Bertz CT molecular complexity index is 480. The largest absolute Gasteiger partial charge is 0.392 e. The smallest absolute Gasteiger partial charge is 0.225 e. The maximum atomic E-state index is 12.3. The molecule has 2 rings (SSSR count). The molecule has 1 heterocycles. The van der Waals surface area contributed by atoms with Crippen LogP contribution >= 0.6 is 0 Å². The van der Waals surface area contributed by atoms with E-state index in [0.29, 0.717) is 13.0 Å². The van der Waals surface area contributed by atoms with Crippen molar-refractivity contribution in [2.45, 2.75) is 52.1 Å². The van der Waals surface area contributed by atoms with Crippen molar-refractivity contribution in [3.05, 3.63) is 29.3 Å². The number of carbonyl (C=O) groups excluding carboxylic acids is 1. The Balaban J connectivity index is 1.91. The van der Waals surface area contributed by atoms with E-state index in [1.807, 2.05) is 0 Å². The number of aryl methyl sites for hydroxylation is 2. The summed E-state index contributed by atoms with van der Waals surface area (Å²) in [5.41, 5.74) is 3.39. The molecule has 1 aromatic carbocycles. The molecule has 1 aromatic rings. The number of hydrogen-bond acceptors (Lipinski definition) is 3. The number of nitrogens with zero attached hydrogens (tertiary/aromatic N) is 1. The molecule has 0 saturated carbocycles. The van der Waals surface area contributed by atoms with Gasteiger partial charge in [0, 0.05) is 25.2 Å². The average Bonchev–Trinajstić information content (AvgIpc) is 2.53. The second kappa shape index (κ2) is 8.30. The first-order chi connectivity index (χ1) is 10.6. The lowest BCUT2D eigenvalue weighted by Crippen LogP contribution is -2.39. The summed E-state index contributed by atoms with van der Waals surface area (Å²) >= 11 is 0. The van der Waals surface area contributed by atoms with Crippen molar-refractivity contribution in [1.29, 1.82) is 0 Å². The van der Waals surface area contributed by atoms with Crippen LogP contribution in [0.15, 0.2) is 18.2 Å². The van der Waals surface area contributed by atoms with E-state index >= 15 is 0 Å². The van der Waals surface area contributed by atoms with Gasteiger partial charge >= 0.3 is 0 Å². The summed E-state index contributed by atoms with van der Waals surface area (Å²) in [4.78, 5) is 14.5. The van der Waals surface area contributed by atoms with Crippen molar-refractivity contribution in [2.24, 2.45) is 0 Å². The Hall–Kier alpha value is -1.39. The Morgan fingerprint density at radius 2 is 2.00 bits per heavy atom. The van der Waals surface area contributed by atoms with E-state index in [9.17, 15) is 9.90 Å². The van der Waals surface area contributed by atoms with Crippen molar-refractivity contribution in [2.75, 3.05) is 25.0 Å². The van der Waals surface area contributed by atoms with Crippen LogP contribution in [0.2, 0.25) is 0 Å². The predicted octanol–water partition coefficient (Wildman–Crippen LogP) is 2.60. The van der Waals surface area contributed by atoms with Gasteiger partial charge in [-0.15, -0.1) is 0 Å². The number of benzene rings is 1. The Kier molecular flexibility index (Phi) is 6.40. The van der Waals surface area contributed by atoms with Crippen LogP contribution in [0, 0.1) is 0 Å². The number of aliphatic hydroxyl groups is 1. The van der Waals surface area contributed by atoms with Crippen molar-refractivity contribution in [1.82, 2.24) is 4.90 Å². The molecule has 4 heteroatoms. The third kappa shape index (κ3) is 4.55. The maximum absolute atomic E-state index is 12.3. The number of nitrogens with one attached hydrogen (secondary N) is 1. The first-order valence-corrected chi connectivity index (χ1v) is 8.45. The molecule has 4 nitrogen and oxygen atoms in total. The first kappa shape index (κ1) is 17.0. The fourth-order valence-electron chi connectivity index (χ4n) is 3.10. The number of anilines is 1. The molecule has 1 aliphatic rings. The van der Waals surface area contributed by atoms with Crippen LogP contribution in [0.5, 0.6) is 0 Å². The second-order valence-electron chi connectivity index (χ2n) is 6.05. The number of piperidine rings is 1. The van der Waals surface area contributed by atoms with Gasteiger partial charge in [-0.05, 0) is 43.4 Å². The van der Waals surface area contributed by atoms with Gasteiger partial charge in [0.2, 0.25) is 5.91 Å². The number of carbonyl (C=O) groups is 1. The van der Waals surface area contributed by atoms with E-state index < -0.39 is 0 Å². The molecule has 0 bridgehead atoms. The summed E-state index contributed by atoms with van der Waals surface area (Å²) in [6.07, 6.45) is 3.98. The summed E-state index contributed by atoms with van der Waals surface area (Å²) in [7, 11) is 0.